The lowest BCUT2D eigenvalue weighted by Gasteiger charge is -2.50. The fourth-order valence-corrected chi connectivity index (χ4v) is 7.38. The third-order valence-electron chi connectivity index (χ3n) is 8.61. The summed E-state index contributed by atoms with van der Waals surface area (Å²) in [6.07, 6.45) is 6.04. The summed E-state index contributed by atoms with van der Waals surface area (Å²) in [4.78, 5) is 34.7. The van der Waals surface area contributed by atoms with Gasteiger partial charge in [0.05, 0.1) is 12.8 Å². The number of hydrogen-bond donors (Lipinski definition) is 1. The van der Waals surface area contributed by atoms with Gasteiger partial charge in [0.2, 0.25) is 0 Å². The number of carboxylic acid groups (broad SMARTS) is 1. The molecule has 3 aliphatic carbocycles. The molecule has 0 amide bonds. The normalized spacial score (nSPS) is 31.9. The lowest BCUT2D eigenvalue weighted by atomic mass is 9.55. The molecule has 6 atom stereocenters. The van der Waals surface area contributed by atoms with Crippen molar-refractivity contribution in [1.29, 1.82) is 0 Å². The second kappa shape index (κ2) is 9.71. The summed E-state index contributed by atoms with van der Waals surface area (Å²) in [5, 5.41) is 8.77. The summed E-state index contributed by atoms with van der Waals surface area (Å²) < 4.78 is 11.4. The first-order valence-electron chi connectivity index (χ1n) is 12.8. The van der Waals surface area contributed by atoms with Gasteiger partial charge in [-0.3, -0.25) is 14.4 Å². The van der Waals surface area contributed by atoms with E-state index >= 15 is 0 Å². The number of carbonyl (C=O) groups excluding carboxylic acids is 2. The molecule has 0 aromatic heterocycles. The Morgan fingerprint density at radius 1 is 1.18 bits per heavy atom. The van der Waals surface area contributed by atoms with Gasteiger partial charge < -0.3 is 14.6 Å². The van der Waals surface area contributed by atoms with Crippen LogP contribution in [0.25, 0.3) is 0 Å². The van der Waals surface area contributed by atoms with E-state index in [1.54, 1.807) is 0 Å². The summed E-state index contributed by atoms with van der Waals surface area (Å²) in [6.45, 7) is 8.40. The highest BCUT2D eigenvalue weighted by Crippen LogP contribution is 2.63. The molecule has 6 unspecified atom stereocenters. The van der Waals surface area contributed by atoms with Gasteiger partial charge >= 0.3 is 17.9 Å². The molecule has 34 heavy (non-hydrogen) atoms. The summed E-state index contributed by atoms with van der Waals surface area (Å²) >= 11 is 0. The van der Waals surface area contributed by atoms with E-state index in [0.717, 1.165) is 38.5 Å². The minimum Gasteiger partial charge on any atom is -0.481 e. The molecule has 0 spiro atoms. The molecule has 6 nitrogen and oxygen atoms in total. The van der Waals surface area contributed by atoms with E-state index in [2.05, 4.69) is 26.8 Å². The molecular formula is C28H38O6. The fraction of sp³-hybridized carbons (Fsp3) is 0.679. The topological polar surface area (TPSA) is 89.9 Å². The quantitative estimate of drug-likeness (QED) is 0.417. The van der Waals surface area contributed by atoms with Gasteiger partial charge in [0.25, 0.3) is 0 Å². The van der Waals surface area contributed by atoms with Crippen molar-refractivity contribution < 1.29 is 29.0 Å². The van der Waals surface area contributed by atoms with Crippen molar-refractivity contribution in [3.8, 4) is 5.75 Å². The van der Waals surface area contributed by atoms with E-state index < -0.39 is 11.9 Å². The van der Waals surface area contributed by atoms with Crippen molar-refractivity contribution in [2.75, 3.05) is 0 Å². The highest BCUT2D eigenvalue weighted by atomic mass is 16.5. The van der Waals surface area contributed by atoms with E-state index in [1.807, 2.05) is 12.1 Å². The van der Waals surface area contributed by atoms with Crippen LogP contribution in [0.1, 0.15) is 89.7 Å². The molecule has 1 N–H and O–H groups in total. The molecule has 186 valence electrons. The van der Waals surface area contributed by atoms with Crippen LogP contribution in [0.15, 0.2) is 18.2 Å². The van der Waals surface area contributed by atoms with Gasteiger partial charge in [-0.05, 0) is 91.4 Å². The molecule has 6 heteroatoms. The first-order valence-corrected chi connectivity index (χ1v) is 12.8. The first-order chi connectivity index (χ1) is 16.1. The van der Waals surface area contributed by atoms with Crippen LogP contribution in [-0.2, 0) is 25.5 Å². The Kier molecular flexibility index (Phi) is 7.07. The summed E-state index contributed by atoms with van der Waals surface area (Å²) in [5.74, 6) is 1.42. The minimum absolute atomic E-state index is 0.00679. The van der Waals surface area contributed by atoms with Gasteiger partial charge in [0, 0.05) is 12.3 Å². The Bertz CT molecular complexity index is 952. The molecular weight excluding hydrogens is 432 g/mol. The molecule has 2 fully saturated rings. The number of fused-ring (bicyclic) bond motifs is 5. The summed E-state index contributed by atoms with van der Waals surface area (Å²) in [6, 6.07) is 5.93. The van der Waals surface area contributed by atoms with Crippen LogP contribution in [0.3, 0.4) is 0 Å². The van der Waals surface area contributed by atoms with E-state index in [4.69, 9.17) is 14.6 Å². The summed E-state index contributed by atoms with van der Waals surface area (Å²) in [7, 11) is 0. The number of ether oxygens (including phenoxy) is 2. The molecule has 3 aliphatic rings. The van der Waals surface area contributed by atoms with Crippen LogP contribution < -0.4 is 4.74 Å². The highest BCUT2D eigenvalue weighted by Gasteiger charge is 2.59. The van der Waals surface area contributed by atoms with Gasteiger partial charge in [-0.15, -0.1) is 0 Å². The average molecular weight is 471 g/mol. The van der Waals surface area contributed by atoms with E-state index in [1.165, 1.54) is 18.1 Å². The monoisotopic (exact) mass is 470 g/mol. The number of carboxylic acids is 1. The van der Waals surface area contributed by atoms with Gasteiger partial charge in [-0.2, -0.15) is 0 Å². The lowest BCUT2D eigenvalue weighted by Crippen LogP contribution is -2.45. The highest BCUT2D eigenvalue weighted by molar-refractivity contribution is 5.78. The number of aryl methyl sites for hydroxylation is 1. The van der Waals surface area contributed by atoms with Crippen molar-refractivity contribution in [2.45, 2.75) is 91.1 Å². The molecule has 0 heterocycles. The van der Waals surface area contributed by atoms with Crippen molar-refractivity contribution >= 4 is 17.9 Å². The predicted molar refractivity (Wildman–Crippen MR) is 127 cm³/mol. The fourth-order valence-electron chi connectivity index (χ4n) is 7.38. The summed E-state index contributed by atoms with van der Waals surface area (Å²) in [5.41, 5.74) is 2.63. The van der Waals surface area contributed by atoms with E-state index in [-0.39, 0.29) is 30.3 Å². The SMILES string of the molecule is CC(=O)OC1C(CC(C)C)CC2C3CCc4cc(OC(=O)CCC(=O)O)ccc4C3CCC21C. The number of hydrogen-bond acceptors (Lipinski definition) is 5. The van der Waals surface area contributed by atoms with Crippen LogP contribution in [0.4, 0.5) is 0 Å². The molecule has 0 aliphatic heterocycles. The Hall–Kier alpha value is -2.37. The van der Waals surface area contributed by atoms with Crippen molar-refractivity contribution in [2.24, 2.45) is 29.1 Å². The zero-order valence-electron chi connectivity index (χ0n) is 20.8. The van der Waals surface area contributed by atoms with Crippen molar-refractivity contribution in [3.63, 3.8) is 0 Å². The van der Waals surface area contributed by atoms with Crippen LogP contribution >= 0.6 is 0 Å². The maximum absolute atomic E-state index is 12.0. The van der Waals surface area contributed by atoms with Crippen LogP contribution in [-0.4, -0.2) is 29.1 Å². The number of benzene rings is 1. The van der Waals surface area contributed by atoms with Crippen molar-refractivity contribution in [1.82, 2.24) is 0 Å². The Morgan fingerprint density at radius 2 is 1.94 bits per heavy atom. The molecule has 1 aromatic carbocycles. The van der Waals surface area contributed by atoms with Crippen LogP contribution in [0, 0.1) is 29.1 Å². The van der Waals surface area contributed by atoms with Gasteiger partial charge in [-0.1, -0.05) is 26.8 Å². The van der Waals surface area contributed by atoms with Gasteiger partial charge in [0.1, 0.15) is 11.9 Å². The molecule has 1 aromatic rings. The zero-order valence-corrected chi connectivity index (χ0v) is 20.8. The van der Waals surface area contributed by atoms with Crippen LogP contribution in [0.2, 0.25) is 0 Å². The Morgan fingerprint density at radius 3 is 2.62 bits per heavy atom. The Balaban J connectivity index is 1.52. The largest absolute Gasteiger partial charge is 0.481 e. The molecule has 0 bridgehead atoms. The lowest BCUT2D eigenvalue weighted by molar-refractivity contribution is -0.158. The minimum atomic E-state index is -1.00. The molecule has 0 saturated heterocycles. The smallest absolute Gasteiger partial charge is 0.311 e. The predicted octanol–water partition coefficient (Wildman–Crippen LogP) is 5.52. The second-order valence-electron chi connectivity index (χ2n) is 11.3. The average Bonchev–Trinajstić information content (AvgIpc) is 3.02. The maximum Gasteiger partial charge on any atom is 0.311 e. The van der Waals surface area contributed by atoms with Gasteiger partial charge in [0.15, 0.2) is 0 Å². The van der Waals surface area contributed by atoms with Gasteiger partial charge in [-0.25, -0.2) is 0 Å². The van der Waals surface area contributed by atoms with E-state index in [9.17, 15) is 14.4 Å². The number of esters is 2. The molecule has 4 rings (SSSR count). The maximum atomic E-state index is 12.0. The molecule has 2 saturated carbocycles. The van der Waals surface area contributed by atoms with E-state index in [0.29, 0.717) is 35.3 Å². The van der Waals surface area contributed by atoms with Crippen molar-refractivity contribution in [3.05, 3.63) is 29.3 Å². The third kappa shape index (κ3) is 4.87. The second-order valence-corrected chi connectivity index (χ2v) is 11.3. The Labute approximate surface area is 202 Å². The standard InChI is InChI=1S/C28H38O6/c1-16(2)13-19-15-24-23-7-5-18-14-20(34-26(32)10-9-25(30)31)6-8-21(18)22(23)11-12-28(24,4)27(19)33-17(3)29/h6,8,14,16,19,22-24,27H,5,7,9-13,15H2,1-4H3,(H,30,31). The number of aliphatic carboxylic acids is 1. The number of carbonyl (C=O) groups is 3. The van der Waals surface area contributed by atoms with Crippen LogP contribution in [0.5, 0.6) is 5.75 Å². The first kappa shape index (κ1) is 24.7. The molecule has 0 radical (unpaired) electrons. The number of rotatable bonds is 7. The third-order valence-corrected chi connectivity index (χ3v) is 8.61. The zero-order chi connectivity index (χ0) is 24.6.